The van der Waals surface area contributed by atoms with E-state index < -0.39 is 6.16 Å². The molecule has 1 atom stereocenters. The molecule has 99 valence electrons. The fraction of sp³-hybridized carbons (Fsp3) is 0.846. The minimum atomic E-state index is -0.527. The fourth-order valence-electron chi connectivity index (χ4n) is 1.81. The van der Waals surface area contributed by atoms with Crippen LogP contribution in [0.3, 0.4) is 0 Å². The van der Waals surface area contributed by atoms with Gasteiger partial charge in [0.2, 0.25) is 0 Å². The van der Waals surface area contributed by atoms with E-state index in [4.69, 9.17) is 9.47 Å². The van der Waals surface area contributed by atoms with E-state index in [0.717, 1.165) is 19.3 Å². The summed E-state index contributed by atoms with van der Waals surface area (Å²) in [5.41, 5.74) is 0. The molecule has 1 heterocycles. The summed E-state index contributed by atoms with van der Waals surface area (Å²) in [6.07, 6.45) is 7.33. The predicted molar refractivity (Wildman–Crippen MR) is 66.5 cm³/mol. The quantitative estimate of drug-likeness (QED) is 0.525. The van der Waals surface area contributed by atoms with E-state index in [2.05, 4.69) is 12.2 Å². The van der Waals surface area contributed by atoms with Crippen molar-refractivity contribution in [1.82, 2.24) is 5.32 Å². The largest absolute Gasteiger partial charge is 0.508 e. The van der Waals surface area contributed by atoms with Crippen molar-refractivity contribution in [3.05, 3.63) is 6.54 Å². The number of nitrogens with one attached hydrogen (secondary N) is 1. The molecular weight excluding hydrogens is 218 g/mol. The van der Waals surface area contributed by atoms with Gasteiger partial charge in [-0.1, -0.05) is 39.0 Å². The van der Waals surface area contributed by atoms with Crippen molar-refractivity contribution in [1.29, 1.82) is 0 Å². The van der Waals surface area contributed by atoms with E-state index >= 15 is 0 Å². The molecule has 1 saturated heterocycles. The zero-order valence-electron chi connectivity index (χ0n) is 10.7. The molecule has 17 heavy (non-hydrogen) atoms. The number of rotatable bonds is 8. The Morgan fingerprint density at radius 2 is 2.06 bits per heavy atom. The lowest BCUT2D eigenvalue weighted by Crippen LogP contribution is -2.21. The maximum absolute atomic E-state index is 11.2. The Hall–Kier alpha value is -0.770. The first-order chi connectivity index (χ1) is 8.33. The lowest BCUT2D eigenvalue weighted by atomic mass is 10.1. The van der Waals surface area contributed by atoms with Crippen LogP contribution in [0.15, 0.2) is 0 Å². The second-order valence-electron chi connectivity index (χ2n) is 4.45. The van der Waals surface area contributed by atoms with Crippen LogP contribution >= 0.6 is 0 Å². The monoisotopic (exact) mass is 242 g/mol. The highest BCUT2D eigenvalue weighted by Gasteiger charge is 2.19. The van der Waals surface area contributed by atoms with Crippen LogP contribution in [0.25, 0.3) is 0 Å². The van der Waals surface area contributed by atoms with Gasteiger partial charge in [0.05, 0.1) is 6.61 Å². The molecule has 1 unspecified atom stereocenters. The van der Waals surface area contributed by atoms with E-state index in [1.54, 1.807) is 0 Å². The normalized spacial score (nSPS) is 19.2. The van der Waals surface area contributed by atoms with Crippen LogP contribution in [-0.4, -0.2) is 25.4 Å². The van der Waals surface area contributed by atoms with Crippen LogP contribution in [0.4, 0.5) is 4.79 Å². The topological polar surface area (TPSA) is 47.6 Å². The maximum Gasteiger partial charge on any atom is 0.508 e. The molecule has 0 aliphatic carbocycles. The highest BCUT2D eigenvalue weighted by molar-refractivity contribution is 5.60. The molecule has 1 aliphatic rings. The molecule has 4 heteroatoms. The van der Waals surface area contributed by atoms with Crippen molar-refractivity contribution in [3.8, 4) is 0 Å². The van der Waals surface area contributed by atoms with E-state index in [1.165, 1.54) is 25.7 Å². The van der Waals surface area contributed by atoms with Gasteiger partial charge in [-0.3, -0.25) is 0 Å². The van der Waals surface area contributed by atoms with Crippen LogP contribution < -0.4 is 5.32 Å². The third kappa shape index (κ3) is 7.21. The molecule has 0 spiro atoms. The molecule has 1 N–H and O–H groups in total. The lowest BCUT2D eigenvalue weighted by Gasteiger charge is -2.10. The Bertz CT molecular complexity index is 203. The third-order valence-electron chi connectivity index (χ3n) is 2.85. The second-order valence-corrected chi connectivity index (χ2v) is 4.45. The molecule has 0 aromatic heterocycles. The molecule has 1 radical (unpaired) electrons. The van der Waals surface area contributed by atoms with Gasteiger partial charge in [-0.15, -0.1) is 0 Å². The Labute approximate surface area is 104 Å². The second kappa shape index (κ2) is 9.28. The molecule has 0 aromatic carbocycles. The molecule has 0 bridgehead atoms. The summed E-state index contributed by atoms with van der Waals surface area (Å²) in [5, 5.41) is 3.02. The van der Waals surface area contributed by atoms with Gasteiger partial charge in [0.1, 0.15) is 6.10 Å². The van der Waals surface area contributed by atoms with Gasteiger partial charge in [0, 0.05) is 19.5 Å². The van der Waals surface area contributed by atoms with Crippen LogP contribution in [0.5, 0.6) is 0 Å². The van der Waals surface area contributed by atoms with Crippen molar-refractivity contribution < 1.29 is 14.3 Å². The van der Waals surface area contributed by atoms with Gasteiger partial charge in [-0.25, -0.2) is 4.79 Å². The first kappa shape index (κ1) is 14.3. The number of carbonyl (C=O) groups is 1. The number of hydrogen-bond donors (Lipinski definition) is 1. The van der Waals surface area contributed by atoms with Gasteiger partial charge >= 0.3 is 6.16 Å². The zero-order valence-corrected chi connectivity index (χ0v) is 10.7. The smallest absolute Gasteiger partial charge is 0.434 e. The van der Waals surface area contributed by atoms with Crippen molar-refractivity contribution in [2.24, 2.45) is 0 Å². The Morgan fingerprint density at radius 3 is 2.76 bits per heavy atom. The fourth-order valence-corrected chi connectivity index (χ4v) is 1.81. The molecule has 1 rings (SSSR count). The predicted octanol–water partition coefficient (Wildman–Crippen LogP) is 3.02. The minimum Gasteiger partial charge on any atom is -0.434 e. The zero-order chi connectivity index (χ0) is 12.3. The SMILES string of the molecule is CCCCCCCCOC(=O)OC1C[CH]NC1. The molecule has 4 nitrogen and oxygen atoms in total. The first-order valence-electron chi connectivity index (χ1n) is 6.71. The average molecular weight is 242 g/mol. The van der Waals surface area contributed by atoms with E-state index in [0.29, 0.717) is 13.2 Å². The van der Waals surface area contributed by atoms with Crippen LogP contribution in [0.2, 0.25) is 0 Å². The van der Waals surface area contributed by atoms with Gasteiger partial charge in [-0.2, -0.15) is 0 Å². The Kier molecular flexibility index (Phi) is 7.80. The molecule has 1 fully saturated rings. The summed E-state index contributed by atoms with van der Waals surface area (Å²) >= 11 is 0. The summed E-state index contributed by atoms with van der Waals surface area (Å²) < 4.78 is 10.1. The summed E-state index contributed by atoms with van der Waals surface area (Å²) in [6, 6.07) is 0. The Balaban J connectivity index is 1.86. The number of carbonyl (C=O) groups excluding carboxylic acids is 1. The van der Waals surface area contributed by atoms with Crippen molar-refractivity contribution >= 4 is 6.16 Å². The van der Waals surface area contributed by atoms with E-state index in [1.807, 2.05) is 6.54 Å². The highest BCUT2D eigenvalue weighted by atomic mass is 16.7. The highest BCUT2D eigenvalue weighted by Crippen LogP contribution is 2.08. The lowest BCUT2D eigenvalue weighted by molar-refractivity contribution is 0.0291. The van der Waals surface area contributed by atoms with Gasteiger partial charge in [0.15, 0.2) is 0 Å². The first-order valence-corrected chi connectivity index (χ1v) is 6.71. The summed E-state index contributed by atoms with van der Waals surface area (Å²) in [6.45, 7) is 5.29. The number of hydrogen-bond acceptors (Lipinski definition) is 4. The number of ether oxygens (including phenoxy) is 2. The van der Waals surface area contributed by atoms with E-state index in [-0.39, 0.29) is 6.10 Å². The van der Waals surface area contributed by atoms with Crippen molar-refractivity contribution in [3.63, 3.8) is 0 Å². The van der Waals surface area contributed by atoms with Crippen molar-refractivity contribution in [2.75, 3.05) is 13.2 Å². The maximum atomic E-state index is 11.2. The average Bonchev–Trinajstić information content (AvgIpc) is 2.80. The molecule has 1 aliphatic heterocycles. The van der Waals surface area contributed by atoms with Crippen LogP contribution in [0, 0.1) is 6.54 Å². The minimum absolute atomic E-state index is 0.0490. The molecule has 0 saturated carbocycles. The third-order valence-corrected chi connectivity index (χ3v) is 2.85. The van der Waals surface area contributed by atoms with Crippen LogP contribution in [-0.2, 0) is 9.47 Å². The molecular formula is C13H24NO3. The van der Waals surface area contributed by atoms with Gasteiger partial charge < -0.3 is 14.8 Å². The van der Waals surface area contributed by atoms with Crippen LogP contribution in [0.1, 0.15) is 51.9 Å². The van der Waals surface area contributed by atoms with E-state index in [9.17, 15) is 4.79 Å². The standard InChI is InChI=1S/C13H24NO3/c1-2-3-4-5-6-7-10-16-13(15)17-12-8-9-14-11-12/h9,12,14H,2-8,10-11H2,1H3. The Morgan fingerprint density at radius 1 is 1.29 bits per heavy atom. The molecule has 0 amide bonds. The van der Waals surface area contributed by atoms with Gasteiger partial charge in [0.25, 0.3) is 0 Å². The van der Waals surface area contributed by atoms with Gasteiger partial charge in [-0.05, 0) is 6.42 Å². The summed E-state index contributed by atoms with van der Waals surface area (Å²) in [4.78, 5) is 11.2. The summed E-state index contributed by atoms with van der Waals surface area (Å²) in [7, 11) is 0. The molecule has 0 aromatic rings. The summed E-state index contributed by atoms with van der Waals surface area (Å²) in [5.74, 6) is 0. The van der Waals surface area contributed by atoms with Crippen molar-refractivity contribution in [2.45, 2.75) is 58.0 Å². The number of unbranched alkanes of at least 4 members (excludes halogenated alkanes) is 5.